The van der Waals surface area contributed by atoms with Crippen molar-refractivity contribution >= 4 is 52.2 Å². The number of carbonyl (C=O) groups excluding carboxylic acids is 2. The number of hydrogen-bond acceptors (Lipinski definition) is 5. The Kier molecular flexibility index (Phi) is 8.05. The van der Waals surface area contributed by atoms with Gasteiger partial charge in [0.2, 0.25) is 5.91 Å². The number of benzene rings is 2. The van der Waals surface area contributed by atoms with E-state index >= 15 is 0 Å². The lowest BCUT2D eigenvalue weighted by molar-refractivity contribution is -0.117. The molecule has 37 heavy (non-hydrogen) atoms. The third-order valence-corrected chi connectivity index (χ3v) is 6.34. The number of rotatable bonds is 8. The van der Waals surface area contributed by atoms with Gasteiger partial charge in [-0.05, 0) is 43.3 Å². The van der Waals surface area contributed by atoms with Crippen molar-refractivity contribution in [3.8, 4) is 11.5 Å². The van der Waals surface area contributed by atoms with Crippen LogP contribution in [-0.4, -0.2) is 42.0 Å². The molecule has 0 atom stereocenters. The molecule has 2 heterocycles. The second kappa shape index (κ2) is 11.4. The first-order valence-corrected chi connectivity index (χ1v) is 12.0. The lowest BCUT2D eigenvalue weighted by atomic mass is 10.2. The highest BCUT2D eigenvalue weighted by Crippen LogP contribution is 2.35. The monoisotopic (exact) mass is 541 g/mol. The van der Waals surface area contributed by atoms with E-state index in [0.717, 1.165) is 5.69 Å². The molecule has 11 heteroatoms. The molecular formula is C26H25Cl2N5O4. The Bertz CT molecular complexity index is 1460. The van der Waals surface area contributed by atoms with Gasteiger partial charge in [0.15, 0.2) is 11.4 Å². The van der Waals surface area contributed by atoms with Gasteiger partial charge in [-0.2, -0.15) is 0 Å². The van der Waals surface area contributed by atoms with Gasteiger partial charge in [-0.15, -0.1) is 0 Å². The van der Waals surface area contributed by atoms with Crippen LogP contribution in [0, 0.1) is 6.92 Å². The van der Waals surface area contributed by atoms with Crippen molar-refractivity contribution in [2.75, 3.05) is 30.9 Å². The number of likely N-dealkylation sites (N-methyl/N-ethyl adjacent to an activating group) is 1. The van der Waals surface area contributed by atoms with Crippen LogP contribution in [-0.2, 0) is 11.4 Å². The van der Waals surface area contributed by atoms with Crippen molar-refractivity contribution in [3.63, 3.8) is 0 Å². The summed E-state index contributed by atoms with van der Waals surface area (Å²) in [5.41, 5.74) is 3.02. The van der Waals surface area contributed by atoms with Gasteiger partial charge in [0, 0.05) is 41.8 Å². The molecule has 0 saturated heterocycles. The topological polar surface area (TPSA) is 97.2 Å². The van der Waals surface area contributed by atoms with E-state index in [1.807, 2.05) is 35.9 Å². The molecule has 0 unspecified atom stereocenters. The molecule has 4 rings (SSSR count). The number of carbonyl (C=O) groups is 2. The molecule has 0 radical (unpaired) electrons. The number of aryl methyl sites for hydroxylation is 1. The summed E-state index contributed by atoms with van der Waals surface area (Å²) in [5, 5.41) is 5.88. The number of nitrogens with zero attached hydrogens (tertiary/aromatic N) is 3. The van der Waals surface area contributed by atoms with Crippen LogP contribution in [0.1, 0.15) is 11.3 Å². The number of pyridine rings is 1. The zero-order valence-electron chi connectivity index (χ0n) is 20.4. The Hall–Kier alpha value is -3.95. The number of anilines is 2. The number of fused-ring (bicyclic) bond motifs is 1. The van der Waals surface area contributed by atoms with Crippen LogP contribution < -0.4 is 25.0 Å². The SMILES string of the molecule is COc1cccc(NC(=O)NCC(=O)N(C)c2ccc(Cl)c(COc3cccn4cc(C)nc34)c2Cl)c1. The van der Waals surface area contributed by atoms with Gasteiger partial charge in [0.1, 0.15) is 12.4 Å². The predicted octanol–water partition coefficient (Wildman–Crippen LogP) is 5.32. The molecule has 2 aromatic heterocycles. The summed E-state index contributed by atoms with van der Waals surface area (Å²) in [6.45, 7) is 1.72. The van der Waals surface area contributed by atoms with Gasteiger partial charge < -0.3 is 29.4 Å². The zero-order chi connectivity index (χ0) is 26.5. The number of hydrogen-bond donors (Lipinski definition) is 2. The Labute approximate surface area is 223 Å². The number of halogens is 2. The largest absolute Gasteiger partial charge is 0.497 e. The molecular weight excluding hydrogens is 517 g/mol. The summed E-state index contributed by atoms with van der Waals surface area (Å²) in [4.78, 5) is 30.9. The third kappa shape index (κ3) is 6.07. The number of ether oxygens (including phenoxy) is 2. The second-order valence-corrected chi connectivity index (χ2v) is 8.91. The molecule has 192 valence electrons. The standard InChI is InChI=1S/C26H25Cl2N5O4/c1-16-14-33-11-5-8-22(25(33)30-16)37-15-19-20(27)9-10-21(24(19)28)32(2)23(34)13-29-26(35)31-17-6-4-7-18(12-17)36-3/h4-12,14H,13,15H2,1-3H3,(H2,29,31,35). The van der Waals surface area contributed by atoms with Crippen LogP contribution in [0.2, 0.25) is 10.0 Å². The van der Waals surface area contributed by atoms with E-state index in [2.05, 4.69) is 15.6 Å². The van der Waals surface area contributed by atoms with Gasteiger partial charge in [0.25, 0.3) is 0 Å². The van der Waals surface area contributed by atoms with Crippen LogP contribution in [0.4, 0.5) is 16.2 Å². The van der Waals surface area contributed by atoms with Crippen molar-refractivity contribution in [3.05, 3.63) is 82.2 Å². The Morgan fingerprint density at radius 2 is 1.95 bits per heavy atom. The first-order chi connectivity index (χ1) is 17.8. The van der Waals surface area contributed by atoms with Gasteiger partial charge in [-0.25, -0.2) is 9.78 Å². The maximum absolute atomic E-state index is 12.8. The Morgan fingerprint density at radius 3 is 2.73 bits per heavy atom. The fraction of sp³-hybridized carbons (Fsp3) is 0.192. The first kappa shape index (κ1) is 26.1. The van der Waals surface area contributed by atoms with Crippen molar-refractivity contribution < 1.29 is 19.1 Å². The van der Waals surface area contributed by atoms with Gasteiger partial charge in [0.05, 0.1) is 30.1 Å². The molecule has 0 aliphatic rings. The highest BCUT2D eigenvalue weighted by atomic mass is 35.5. The number of imidazole rings is 1. The summed E-state index contributed by atoms with van der Waals surface area (Å²) < 4.78 is 13.0. The molecule has 0 bridgehead atoms. The van der Waals surface area contributed by atoms with Crippen molar-refractivity contribution in [1.29, 1.82) is 0 Å². The maximum Gasteiger partial charge on any atom is 0.319 e. The lowest BCUT2D eigenvalue weighted by Crippen LogP contribution is -2.40. The third-order valence-electron chi connectivity index (χ3n) is 5.57. The van der Waals surface area contributed by atoms with Crippen molar-refractivity contribution in [2.24, 2.45) is 0 Å². The minimum Gasteiger partial charge on any atom is -0.497 e. The van der Waals surface area contributed by atoms with E-state index in [1.54, 1.807) is 43.4 Å². The van der Waals surface area contributed by atoms with Gasteiger partial charge >= 0.3 is 6.03 Å². The van der Waals surface area contributed by atoms with E-state index in [1.165, 1.54) is 12.0 Å². The van der Waals surface area contributed by atoms with Crippen LogP contribution in [0.25, 0.3) is 5.65 Å². The summed E-state index contributed by atoms with van der Waals surface area (Å²) >= 11 is 13.1. The predicted molar refractivity (Wildman–Crippen MR) is 144 cm³/mol. The minimum absolute atomic E-state index is 0.0698. The molecule has 2 N–H and O–H groups in total. The van der Waals surface area contributed by atoms with Gasteiger partial charge in [-0.1, -0.05) is 29.3 Å². The summed E-state index contributed by atoms with van der Waals surface area (Å²) in [6.07, 6.45) is 3.78. The fourth-order valence-electron chi connectivity index (χ4n) is 3.63. The number of nitrogens with one attached hydrogen (secondary N) is 2. The number of urea groups is 1. The summed E-state index contributed by atoms with van der Waals surface area (Å²) in [5.74, 6) is 0.792. The van der Waals surface area contributed by atoms with Gasteiger partial charge in [-0.3, -0.25) is 4.79 Å². The smallest absolute Gasteiger partial charge is 0.319 e. The van der Waals surface area contributed by atoms with Crippen LogP contribution in [0.5, 0.6) is 11.5 Å². The molecule has 0 saturated carbocycles. The number of amides is 3. The summed E-state index contributed by atoms with van der Waals surface area (Å²) in [7, 11) is 3.10. The second-order valence-electron chi connectivity index (χ2n) is 8.13. The fourth-order valence-corrected chi connectivity index (χ4v) is 4.24. The van der Waals surface area contributed by atoms with E-state index in [9.17, 15) is 9.59 Å². The highest BCUT2D eigenvalue weighted by Gasteiger charge is 2.19. The molecule has 2 aromatic carbocycles. The number of aromatic nitrogens is 2. The van der Waals surface area contributed by atoms with Crippen molar-refractivity contribution in [1.82, 2.24) is 14.7 Å². The van der Waals surface area contributed by atoms with E-state index in [4.69, 9.17) is 32.7 Å². The quantitative estimate of drug-likeness (QED) is 0.314. The van der Waals surface area contributed by atoms with Crippen molar-refractivity contribution in [2.45, 2.75) is 13.5 Å². The minimum atomic E-state index is -0.533. The molecule has 9 nitrogen and oxygen atoms in total. The molecule has 0 fully saturated rings. The lowest BCUT2D eigenvalue weighted by Gasteiger charge is -2.21. The molecule has 0 aliphatic carbocycles. The average molecular weight is 542 g/mol. The van der Waals surface area contributed by atoms with Crippen LogP contribution in [0.3, 0.4) is 0 Å². The Balaban J connectivity index is 1.41. The van der Waals surface area contributed by atoms with Crippen LogP contribution >= 0.6 is 23.2 Å². The average Bonchev–Trinajstić information content (AvgIpc) is 3.28. The first-order valence-electron chi connectivity index (χ1n) is 11.3. The maximum atomic E-state index is 12.8. The Morgan fingerprint density at radius 1 is 1.14 bits per heavy atom. The highest BCUT2D eigenvalue weighted by molar-refractivity contribution is 6.38. The molecule has 0 aliphatic heterocycles. The summed E-state index contributed by atoms with van der Waals surface area (Å²) in [6, 6.07) is 13.3. The molecule has 3 amide bonds. The normalized spacial score (nSPS) is 10.7. The van der Waals surface area contributed by atoms with E-state index < -0.39 is 6.03 Å². The number of methoxy groups -OCH3 is 1. The molecule has 4 aromatic rings. The van der Waals surface area contributed by atoms with E-state index in [-0.39, 0.29) is 24.1 Å². The van der Waals surface area contributed by atoms with E-state index in [0.29, 0.717) is 39.1 Å². The zero-order valence-corrected chi connectivity index (χ0v) is 21.9. The molecule has 0 spiro atoms. The van der Waals surface area contributed by atoms with Crippen LogP contribution in [0.15, 0.2) is 60.9 Å².